The van der Waals surface area contributed by atoms with Crippen LogP contribution >= 0.6 is 0 Å². The molecule has 0 aromatic heterocycles. The molecule has 1 unspecified atom stereocenters. The summed E-state index contributed by atoms with van der Waals surface area (Å²) in [7, 11) is 0. The van der Waals surface area contributed by atoms with Crippen molar-refractivity contribution in [3.05, 3.63) is 35.4 Å². The summed E-state index contributed by atoms with van der Waals surface area (Å²) < 4.78 is 0. The Morgan fingerprint density at radius 1 is 1.21 bits per heavy atom. The molecular weight excluding hydrogens is 172 g/mol. The lowest BCUT2D eigenvalue weighted by molar-refractivity contribution is 0.0990. The maximum absolute atomic E-state index is 11.3. The topological polar surface area (TPSA) is 17.1 Å². The first-order valence-electron chi connectivity index (χ1n) is 4.91. The second-order valence-corrected chi connectivity index (χ2v) is 3.12. The average molecular weight is 192 g/mol. The molecule has 0 bridgehead atoms. The summed E-state index contributed by atoms with van der Waals surface area (Å²) in [6.07, 6.45) is 0.694. The SMILES string of the molecule is C.CC.CC1CC(=O)c2ccccc21. The minimum absolute atomic E-state index is 0. The van der Waals surface area contributed by atoms with Gasteiger partial charge in [0.25, 0.3) is 0 Å². The molecule has 1 atom stereocenters. The van der Waals surface area contributed by atoms with E-state index >= 15 is 0 Å². The summed E-state index contributed by atoms with van der Waals surface area (Å²) >= 11 is 0. The van der Waals surface area contributed by atoms with Gasteiger partial charge in [0.15, 0.2) is 5.78 Å². The minimum Gasteiger partial charge on any atom is -0.294 e. The Morgan fingerprint density at radius 3 is 2.36 bits per heavy atom. The van der Waals surface area contributed by atoms with Crippen molar-refractivity contribution in [2.75, 3.05) is 0 Å². The molecule has 1 aromatic carbocycles. The third kappa shape index (κ3) is 2.22. The number of benzene rings is 1. The standard InChI is InChI=1S/C10H10O.C2H6.CH4/c1-7-6-10(11)9-5-3-2-4-8(7)9;1-2;/h2-5,7H,6H2,1H3;1-2H3;1H4. The molecule has 14 heavy (non-hydrogen) atoms. The summed E-state index contributed by atoms with van der Waals surface area (Å²) in [6, 6.07) is 7.88. The Labute approximate surface area is 87.2 Å². The quantitative estimate of drug-likeness (QED) is 0.606. The molecule has 0 heterocycles. The first-order chi connectivity index (χ1) is 6.29. The molecular formula is C13H20O. The lowest BCUT2D eigenvalue weighted by Crippen LogP contribution is -1.89. The van der Waals surface area contributed by atoms with Gasteiger partial charge in [-0.2, -0.15) is 0 Å². The van der Waals surface area contributed by atoms with Crippen LogP contribution in [0.4, 0.5) is 0 Å². The molecule has 0 amide bonds. The number of rotatable bonds is 0. The smallest absolute Gasteiger partial charge is 0.163 e. The summed E-state index contributed by atoms with van der Waals surface area (Å²) in [5.74, 6) is 0.729. The first kappa shape index (κ1) is 12.9. The molecule has 1 heteroatoms. The molecule has 78 valence electrons. The second-order valence-electron chi connectivity index (χ2n) is 3.12. The number of ketones is 1. The van der Waals surface area contributed by atoms with Gasteiger partial charge in [-0.05, 0) is 11.5 Å². The summed E-state index contributed by atoms with van der Waals surface area (Å²) in [5.41, 5.74) is 2.15. The predicted octanol–water partition coefficient (Wildman–Crippen LogP) is 4.04. The van der Waals surface area contributed by atoms with Crippen LogP contribution in [0, 0.1) is 0 Å². The van der Waals surface area contributed by atoms with E-state index in [2.05, 4.69) is 6.92 Å². The van der Waals surface area contributed by atoms with Crippen molar-refractivity contribution >= 4 is 5.78 Å². The summed E-state index contributed by atoms with van der Waals surface area (Å²) in [5, 5.41) is 0. The van der Waals surface area contributed by atoms with Crippen LogP contribution in [0.25, 0.3) is 0 Å². The van der Waals surface area contributed by atoms with Gasteiger partial charge >= 0.3 is 0 Å². The van der Waals surface area contributed by atoms with Crippen molar-refractivity contribution in [3.8, 4) is 0 Å². The number of carbonyl (C=O) groups is 1. The summed E-state index contributed by atoms with van der Waals surface area (Å²) in [4.78, 5) is 11.3. The van der Waals surface area contributed by atoms with Crippen molar-refractivity contribution in [1.82, 2.24) is 0 Å². The molecule has 0 N–H and O–H groups in total. The van der Waals surface area contributed by atoms with Crippen LogP contribution in [0.5, 0.6) is 0 Å². The number of hydrogen-bond acceptors (Lipinski definition) is 1. The largest absolute Gasteiger partial charge is 0.294 e. The van der Waals surface area contributed by atoms with Crippen molar-refractivity contribution in [2.24, 2.45) is 0 Å². The third-order valence-electron chi connectivity index (χ3n) is 2.28. The fourth-order valence-corrected chi connectivity index (χ4v) is 1.68. The number of fused-ring (bicyclic) bond motifs is 1. The van der Waals surface area contributed by atoms with Crippen molar-refractivity contribution in [3.63, 3.8) is 0 Å². The molecule has 0 saturated carbocycles. The number of Topliss-reactive ketones (excluding diaryl/α,β-unsaturated/α-hetero) is 1. The van der Waals surface area contributed by atoms with E-state index in [4.69, 9.17) is 0 Å². The highest BCUT2D eigenvalue weighted by Gasteiger charge is 2.24. The Morgan fingerprint density at radius 2 is 1.79 bits per heavy atom. The zero-order valence-corrected chi connectivity index (χ0v) is 8.50. The van der Waals surface area contributed by atoms with Crippen molar-refractivity contribution in [2.45, 2.75) is 40.5 Å². The zero-order valence-electron chi connectivity index (χ0n) is 8.50. The molecule has 0 fully saturated rings. The van der Waals surface area contributed by atoms with E-state index < -0.39 is 0 Å². The van der Waals surface area contributed by atoms with Gasteiger partial charge in [0.05, 0.1) is 0 Å². The van der Waals surface area contributed by atoms with Crippen LogP contribution in [0.1, 0.15) is 56.5 Å². The molecule has 0 radical (unpaired) electrons. The molecule has 1 aliphatic carbocycles. The lowest BCUT2D eigenvalue weighted by atomic mass is 10.0. The Bertz CT molecular complexity index is 302. The van der Waals surface area contributed by atoms with Gasteiger partial charge in [0, 0.05) is 12.0 Å². The molecule has 0 spiro atoms. The lowest BCUT2D eigenvalue weighted by Gasteiger charge is -1.99. The fraction of sp³-hybridized carbons (Fsp3) is 0.462. The highest BCUT2D eigenvalue weighted by atomic mass is 16.1. The Kier molecular flexibility index (Phi) is 5.14. The van der Waals surface area contributed by atoms with E-state index in [0.717, 1.165) is 5.56 Å². The van der Waals surface area contributed by atoms with Crippen molar-refractivity contribution < 1.29 is 4.79 Å². The molecule has 0 saturated heterocycles. The fourth-order valence-electron chi connectivity index (χ4n) is 1.68. The van der Waals surface area contributed by atoms with Gasteiger partial charge in [-0.1, -0.05) is 52.5 Å². The molecule has 0 aliphatic heterocycles. The molecule has 1 aromatic rings. The highest BCUT2D eigenvalue weighted by molar-refractivity contribution is 6.01. The van der Waals surface area contributed by atoms with E-state index in [9.17, 15) is 4.79 Å². The van der Waals surface area contributed by atoms with Crippen LogP contribution in [0.15, 0.2) is 24.3 Å². The van der Waals surface area contributed by atoms with Crippen LogP contribution in [0.3, 0.4) is 0 Å². The first-order valence-corrected chi connectivity index (χ1v) is 4.91. The van der Waals surface area contributed by atoms with E-state index in [1.54, 1.807) is 0 Å². The third-order valence-corrected chi connectivity index (χ3v) is 2.28. The number of hydrogen-bond donors (Lipinski definition) is 0. The minimum atomic E-state index is 0. The summed E-state index contributed by atoms with van der Waals surface area (Å²) in [6.45, 7) is 6.10. The van der Waals surface area contributed by atoms with Gasteiger partial charge in [-0.15, -0.1) is 0 Å². The van der Waals surface area contributed by atoms with E-state index in [1.807, 2.05) is 38.1 Å². The van der Waals surface area contributed by atoms with E-state index in [0.29, 0.717) is 18.1 Å². The highest BCUT2D eigenvalue weighted by Crippen LogP contribution is 2.31. The Hall–Kier alpha value is -1.11. The zero-order chi connectivity index (χ0) is 9.84. The van der Waals surface area contributed by atoms with Gasteiger partial charge in [0.1, 0.15) is 0 Å². The molecule has 1 aliphatic rings. The normalized spacial score (nSPS) is 17.6. The monoisotopic (exact) mass is 192 g/mol. The van der Waals surface area contributed by atoms with Crippen LogP contribution in [-0.2, 0) is 0 Å². The van der Waals surface area contributed by atoms with Gasteiger partial charge in [-0.3, -0.25) is 4.79 Å². The van der Waals surface area contributed by atoms with Gasteiger partial charge in [-0.25, -0.2) is 0 Å². The van der Waals surface area contributed by atoms with Crippen LogP contribution in [0.2, 0.25) is 0 Å². The van der Waals surface area contributed by atoms with E-state index in [1.165, 1.54) is 5.56 Å². The number of carbonyl (C=O) groups excluding carboxylic acids is 1. The van der Waals surface area contributed by atoms with Gasteiger partial charge in [0.2, 0.25) is 0 Å². The maximum Gasteiger partial charge on any atom is 0.163 e. The second kappa shape index (κ2) is 5.58. The predicted molar refractivity (Wildman–Crippen MR) is 61.9 cm³/mol. The average Bonchev–Trinajstić information content (AvgIpc) is 2.47. The van der Waals surface area contributed by atoms with Gasteiger partial charge < -0.3 is 0 Å². The maximum atomic E-state index is 11.3. The Balaban J connectivity index is 0.000000531. The van der Waals surface area contributed by atoms with Crippen LogP contribution < -0.4 is 0 Å². The van der Waals surface area contributed by atoms with Crippen LogP contribution in [-0.4, -0.2) is 5.78 Å². The molecule has 1 nitrogen and oxygen atoms in total. The molecule has 2 rings (SSSR count). The van der Waals surface area contributed by atoms with Crippen molar-refractivity contribution in [1.29, 1.82) is 0 Å². The van der Waals surface area contributed by atoms with E-state index in [-0.39, 0.29) is 7.43 Å².